The van der Waals surface area contributed by atoms with Gasteiger partial charge in [-0.3, -0.25) is 0 Å². The van der Waals surface area contributed by atoms with Gasteiger partial charge >= 0.3 is 0 Å². The maximum absolute atomic E-state index is 11.4. The van der Waals surface area contributed by atoms with Gasteiger partial charge in [-0.1, -0.05) is 66.7 Å². The van der Waals surface area contributed by atoms with Gasteiger partial charge < -0.3 is 10.1 Å². The van der Waals surface area contributed by atoms with Crippen molar-refractivity contribution >= 4 is 10.2 Å². The summed E-state index contributed by atoms with van der Waals surface area (Å²) in [7, 11) is -2.04. The number of nitrogens with one attached hydrogen (secondary N) is 2. The highest BCUT2D eigenvalue weighted by molar-refractivity contribution is 7.87. The highest BCUT2D eigenvalue weighted by Crippen LogP contribution is 2.43. The van der Waals surface area contributed by atoms with Gasteiger partial charge in [0.2, 0.25) is 0 Å². The van der Waals surface area contributed by atoms with Crippen molar-refractivity contribution in [1.82, 2.24) is 10.0 Å². The monoisotopic (exact) mass is 493 g/mol. The van der Waals surface area contributed by atoms with Crippen molar-refractivity contribution in [1.29, 1.82) is 0 Å². The Morgan fingerprint density at radius 1 is 0.943 bits per heavy atom. The van der Waals surface area contributed by atoms with Crippen molar-refractivity contribution < 1.29 is 13.2 Å². The largest absolute Gasteiger partial charge is 0.497 e. The molecule has 1 aliphatic carbocycles. The molecule has 0 amide bonds. The molecule has 35 heavy (non-hydrogen) atoms. The fraction of sp³-hybridized carbons (Fsp3) is 0.357. The van der Waals surface area contributed by atoms with E-state index in [9.17, 15) is 8.42 Å². The molecule has 4 N–H and O–H groups in total. The van der Waals surface area contributed by atoms with E-state index in [0.29, 0.717) is 19.0 Å². The van der Waals surface area contributed by atoms with Crippen LogP contribution in [0, 0.1) is 0 Å². The van der Waals surface area contributed by atoms with E-state index >= 15 is 0 Å². The van der Waals surface area contributed by atoms with Crippen molar-refractivity contribution in [3.8, 4) is 16.9 Å². The molecule has 1 saturated carbocycles. The lowest BCUT2D eigenvalue weighted by Crippen LogP contribution is -2.42. The summed E-state index contributed by atoms with van der Waals surface area (Å²) >= 11 is 0. The zero-order chi connectivity index (χ0) is 24.7. The van der Waals surface area contributed by atoms with Crippen LogP contribution in [0.25, 0.3) is 11.1 Å². The first-order chi connectivity index (χ1) is 16.9. The summed E-state index contributed by atoms with van der Waals surface area (Å²) in [5.41, 5.74) is 4.81. The van der Waals surface area contributed by atoms with E-state index < -0.39 is 10.2 Å². The lowest BCUT2D eigenvalue weighted by Gasteiger charge is -2.41. The van der Waals surface area contributed by atoms with E-state index in [2.05, 4.69) is 70.7 Å². The van der Waals surface area contributed by atoms with Crippen LogP contribution >= 0.6 is 0 Å². The number of ether oxygens (including phenoxy) is 1. The molecule has 3 aromatic carbocycles. The predicted octanol–water partition coefficient (Wildman–Crippen LogP) is 4.52. The minimum atomic E-state index is -3.70. The first kappa shape index (κ1) is 25.4. The average Bonchev–Trinajstić information content (AvgIpc) is 2.88. The van der Waals surface area contributed by atoms with Gasteiger partial charge in [-0.15, -0.1) is 0 Å². The standard InChI is InChI=1S/C28H35N3O3S/c1-34-27-9-5-8-25(20-27)28(18-19-31-35(29,32)33)16-14-26(15-17-28)30-21-22-10-12-24(13-11-22)23-6-3-2-4-7-23/h2-13,20,26,30-31H,14-19,21H2,1H3,(H2,29,32,33). The maximum Gasteiger partial charge on any atom is 0.274 e. The molecule has 186 valence electrons. The molecule has 1 fully saturated rings. The molecule has 6 nitrogen and oxygen atoms in total. The van der Waals surface area contributed by atoms with E-state index in [1.165, 1.54) is 22.3 Å². The second kappa shape index (κ2) is 11.4. The number of nitrogens with two attached hydrogens (primary N) is 1. The Morgan fingerprint density at radius 3 is 2.29 bits per heavy atom. The molecule has 0 radical (unpaired) electrons. The van der Waals surface area contributed by atoms with Crippen LogP contribution in [0.2, 0.25) is 0 Å². The van der Waals surface area contributed by atoms with Crippen LogP contribution in [0.15, 0.2) is 78.9 Å². The molecule has 0 aliphatic heterocycles. The van der Waals surface area contributed by atoms with Crippen molar-refractivity contribution in [2.75, 3.05) is 13.7 Å². The third-order valence-electron chi connectivity index (χ3n) is 7.19. The lowest BCUT2D eigenvalue weighted by molar-refractivity contribution is 0.232. The summed E-state index contributed by atoms with van der Waals surface area (Å²) in [4.78, 5) is 0. The molecular formula is C28H35N3O3S. The molecule has 1 aliphatic rings. The Balaban J connectivity index is 1.37. The smallest absolute Gasteiger partial charge is 0.274 e. The molecule has 0 atom stereocenters. The predicted molar refractivity (Wildman–Crippen MR) is 141 cm³/mol. The summed E-state index contributed by atoms with van der Waals surface area (Å²) in [6.45, 7) is 1.15. The summed E-state index contributed by atoms with van der Waals surface area (Å²) in [6, 6.07) is 27.7. The van der Waals surface area contributed by atoms with Gasteiger partial charge in [-0.2, -0.15) is 8.42 Å². The molecule has 0 spiro atoms. The van der Waals surface area contributed by atoms with E-state index in [0.717, 1.165) is 38.0 Å². The molecule has 3 aromatic rings. The van der Waals surface area contributed by atoms with Crippen LogP contribution in [0.4, 0.5) is 0 Å². The van der Waals surface area contributed by atoms with Gasteiger partial charge in [-0.25, -0.2) is 9.86 Å². The van der Waals surface area contributed by atoms with Crippen LogP contribution in [-0.2, 0) is 22.2 Å². The van der Waals surface area contributed by atoms with Gasteiger partial charge in [-0.05, 0) is 71.9 Å². The van der Waals surface area contributed by atoms with Crippen molar-refractivity contribution in [2.24, 2.45) is 5.14 Å². The zero-order valence-corrected chi connectivity index (χ0v) is 21.1. The van der Waals surface area contributed by atoms with E-state index in [4.69, 9.17) is 9.88 Å². The van der Waals surface area contributed by atoms with Crippen LogP contribution in [0.5, 0.6) is 5.75 Å². The fourth-order valence-corrected chi connectivity index (χ4v) is 5.54. The Kier molecular flexibility index (Phi) is 8.23. The number of benzene rings is 3. The quantitative estimate of drug-likeness (QED) is 0.387. The summed E-state index contributed by atoms with van der Waals surface area (Å²) in [6.07, 6.45) is 4.68. The van der Waals surface area contributed by atoms with Crippen LogP contribution in [-0.4, -0.2) is 28.1 Å². The topological polar surface area (TPSA) is 93.4 Å². The average molecular weight is 494 g/mol. The molecule has 0 unspecified atom stereocenters. The zero-order valence-electron chi connectivity index (χ0n) is 20.2. The number of hydrogen-bond donors (Lipinski definition) is 3. The number of hydrogen-bond acceptors (Lipinski definition) is 4. The SMILES string of the molecule is COc1cccc(C2(CCNS(N)(=O)=O)CCC(NCc3ccc(-c4ccccc4)cc3)CC2)c1. The van der Waals surface area contributed by atoms with E-state index in [1.807, 2.05) is 18.2 Å². The molecule has 0 aromatic heterocycles. The Labute approximate surface area is 209 Å². The van der Waals surface area contributed by atoms with Gasteiger partial charge in [0.15, 0.2) is 0 Å². The third-order valence-corrected chi connectivity index (χ3v) is 7.79. The van der Waals surface area contributed by atoms with E-state index in [-0.39, 0.29) is 5.41 Å². The minimum absolute atomic E-state index is 0.109. The summed E-state index contributed by atoms with van der Waals surface area (Å²) < 4.78 is 30.8. The summed E-state index contributed by atoms with van der Waals surface area (Å²) in [5.74, 6) is 0.820. The Hall–Kier alpha value is -2.71. The third kappa shape index (κ3) is 6.92. The maximum atomic E-state index is 11.4. The van der Waals surface area contributed by atoms with Gasteiger partial charge in [0.1, 0.15) is 5.75 Å². The van der Waals surface area contributed by atoms with Gasteiger partial charge in [0, 0.05) is 19.1 Å². The molecule has 0 saturated heterocycles. The Bertz CT molecular complexity index is 1190. The highest BCUT2D eigenvalue weighted by Gasteiger charge is 2.36. The van der Waals surface area contributed by atoms with Gasteiger partial charge in [0.05, 0.1) is 7.11 Å². The normalized spacial score (nSPS) is 20.5. The highest BCUT2D eigenvalue weighted by atomic mass is 32.2. The lowest BCUT2D eigenvalue weighted by atomic mass is 9.66. The van der Waals surface area contributed by atoms with Crippen LogP contribution in [0.1, 0.15) is 43.2 Å². The number of methoxy groups -OCH3 is 1. The molecule has 0 heterocycles. The molecule has 7 heteroatoms. The number of rotatable bonds is 10. The molecule has 0 bridgehead atoms. The second-order valence-corrected chi connectivity index (χ2v) is 10.8. The second-order valence-electron chi connectivity index (χ2n) is 9.42. The van der Waals surface area contributed by atoms with E-state index in [1.54, 1.807) is 7.11 Å². The van der Waals surface area contributed by atoms with Gasteiger partial charge in [0.25, 0.3) is 10.2 Å². The van der Waals surface area contributed by atoms with Crippen molar-refractivity contribution in [3.05, 3.63) is 90.0 Å². The molecule has 4 rings (SSSR count). The fourth-order valence-electron chi connectivity index (χ4n) is 5.15. The first-order valence-electron chi connectivity index (χ1n) is 12.2. The molecular weight excluding hydrogens is 458 g/mol. The van der Waals surface area contributed by atoms with Crippen molar-refractivity contribution in [3.63, 3.8) is 0 Å². The first-order valence-corrected chi connectivity index (χ1v) is 13.7. The van der Waals surface area contributed by atoms with Crippen molar-refractivity contribution in [2.45, 2.75) is 50.1 Å². The van der Waals surface area contributed by atoms with Crippen LogP contribution in [0.3, 0.4) is 0 Å². The van der Waals surface area contributed by atoms with Crippen LogP contribution < -0.4 is 19.9 Å². The Morgan fingerprint density at radius 2 is 1.63 bits per heavy atom. The summed E-state index contributed by atoms with van der Waals surface area (Å²) in [5, 5.41) is 8.90. The minimum Gasteiger partial charge on any atom is -0.497 e.